The molecule has 1 aromatic heterocycles. The van der Waals surface area contributed by atoms with Gasteiger partial charge in [0.15, 0.2) is 0 Å². The van der Waals surface area contributed by atoms with Crippen LogP contribution >= 0.6 is 0 Å². The van der Waals surface area contributed by atoms with Crippen molar-refractivity contribution in [3.8, 4) is 0 Å². The Kier molecular flexibility index (Phi) is 2.76. The van der Waals surface area contributed by atoms with Crippen LogP contribution in [0, 0.1) is 0 Å². The molecule has 3 saturated heterocycles. The van der Waals surface area contributed by atoms with Gasteiger partial charge in [-0.15, -0.1) is 0 Å². The number of hydrogen-bond donors (Lipinski definition) is 0. The molecule has 1 amide bonds. The molecule has 3 aliphatic heterocycles. The summed E-state index contributed by atoms with van der Waals surface area (Å²) in [5.41, 5.74) is 1.34. The maximum absolute atomic E-state index is 11.6. The second-order valence-corrected chi connectivity index (χ2v) is 6.52. The molecule has 4 heteroatoms. The van der Waals surface area contributed by atoms with Gasteiger partial charge in [-0.2, -0.15) is 0 Å². The predicted molar refractivity (Wildman–Crippen MR) is 73.2 cm³/mol. The number of amides is 1. The van der Waals surface area contributed by atoms with E-state index in [1.54, 1.807) is 0 Å². The molecule has 102 valence electrons. The summed E-state index contributed by atoms with van der Waals surface area (Å²) in [7, 11) is 0. The second-order valence-electron chi connectivity index (χ2n) is 6.52. The Morgan fingerprint density at radius 2 is 2.16 bits per heavy atom. The van der Waals surface area contributed by atoms with Gasteiger partial charge in [-0.25, -0.2) is 4.79 Å². The number of nitrogens with zero attached hydrogens (tertiary/aromatic N) is 3. The molecular weight excluding hydrogens is 238 g/mol. The first-order chi connectivity index (χ1) is 9.01. The fourth-order valence-corrected chi connectivity index (χ4v) is 4.01. The number of rotatable bonds is 3. The van der Waals surface area contributed by atoms with Crippen molar-refractivity contribution in [1.82, 2.24) is 9.88 Å². The largest absolute Gasteiger partial charge is 0.302 e. The number of carbonyl (C=O) groups excluding carboxylic acids is 1. The Morgan fingerprint density at radius 3 is 2.68 bits per heavy atom. The summed E-state index contributed by atoms with van der Waals surface area (Å²) in [6, 6.07) is 5.03. The molecule has 3 aliphatic rings. The lowest BCUT2D eigenvalue weighted by Crippen LogP contribution is -2.89. The Hall–Kier alpha value is -1.26. The van der Waals surface area contributed by atoms with E-state index in [4.69, 9.17) is 0 Å². The van der Waals surface area contributed by atoms with Crippen LogP contribution in [0.4, 0.5) is 0 Å². The van der Waals surface area contributed by atoms with E-state index in [-0.39, 0.29) is 5.54 Å². The lowest BCUT2D eigenvalue weighted by Gasteiger charge is -2.68. The molecule has 4 nitrogen and oxygen atoms in total. The summed E-state index contributed by atoms with van der Waals surface area (Å²) in [4.78, 5) is 18.2. The summed E-state index contributed by atoms with van der Waals surface area (Å²) >= 11 is 0. The first kappa shape index (κ1) is 12.8. The molecule has 0 spiro atoms. The Labute approximate surface area is 114 Å². The van der Waals surface area contributed by atoms with E-state index in [0.717, 1.165) is 19.6 Å². The minimum Gasteiger partial charge on any atom is -0.280 e. The number of carbonyl (C=O) groups is 1. The average molecular weight is 260 g/mol. The van der Waals surface area contributed by atoms with Gasteiger partial charge in [-0.3, -0.25) is 14.4 Å². The third-order valence-corrected chi connectivity index (χ3v) is 5.41. The maximum Gasteiger partial charge on any atom is 0.302 e. The Balaban J connectivity index is 1.82. The zero-order chi connectivity index (χ0) is 13.7. The zero-order valence-electron chi connectivity index (χ0n) is 11.9. The van der Waals surface area contributed by atoms with Gasteiger partial charge in [0, 0.05) is 18.9 Å². The Bertz CT molecular complexity index is 487. The fraction of sp³-hybridized carbons (Fsp3) is 0.600. The molecule has 0 aromatic carbocycles. The van der Waals surface area contributed by atoms with Gasteiger partial charge in [0.05, 0.1) is 6.54 Å². The van der Waals surface area contributed by atoms with Crippen LogP contribution in [0.25, 0.3) is 0 Å². The molecule has 0 radical (unpaired) electrons. The minimum absolute atomic E-state index is 0.0342. The highest BCUT2D eigenvalue weighted by atomic mass is 16.1. The predicted octanol–water partition coefficient (Wildman–Crippen LogP) is 1.42. The van der Waals surface area contributed by atoms with Gasteiger partial charge in [-0.05, 0) is 38.5 Å². The zero-order valence-corrected chi connectivity index (χ0v) is 11.9. The number of pyridine rings is 1. The van der Waals surface area contributed by atoms with Crippen molar-refractivity contribution in [1.29, 1.82) is 0 Å². The second kappa shape index (κ2) is 4.12. The summed E-state index contributed by atoms with van der Waals surface area (Å²) in [6.07, 6.45) is 4.87. The number of fused-ring (bicyclic) bond motifs is 2. The maximum atomic E-state index is 11.6. The molecule has 3 fully saturated rings. The molecule has 3 unspecified atom stereocenters. The van der Waals surface area contributed by atoms with Crippen LogP contribution < -0.4 is 0 Å². The normalized spacial score (nSPS) is 36.6. The van der Waals surface area contributed by atoms with Crippen molar-refractivity contribution in [3.63, 3.8) is 0 Å². The number of aromatic nitrogens is 1. The van der Waals surface area contributed by atoms with Crippen molar-refractivity contribution in [2.45, 2.75) is 44.9 Å². The third-order valence-electron chi connectivity index (χ3n) is 5.41. The van der Waals surface area contributed by atoms with E-state index in [2.05, 4.69) is 42.8 Å². The van der Waals surface area contributed by atoms with Gasteiger partial charge in [0.2, 0.25) is 0 Å². The SMILES string of the molecule is CC1CN(Cc2ccncc2)C2C[N+]1(C=O)C2(C)C. The quantitative estimate of drug-likeness (QED) is 0.609. The number of hydrogen-bond acceptors (Lipinski definition) is 3. The van der Waals surface area contributed by atoms with Crippen LogP contribution in [0.2, 0.25) is 0 Å². The molecule has 0 aliphatic carbocycles. The highest BCUT2D eigenvalue weighted by Crippen LogP contribution is 2.47. The van der Waals surface area contributed by atoms with E-state index >= 15 is 0 Å². The van der Waals surface area contributed by atoms with Crippen LogP contribution in [0.15, 0.2) is 24.5 Å². The minimum atomic E-state index is 0.0342. The number of piperazine rings is 2. The molecular formula is C15H22N3O+. The van der Waals surface area contributed by atoms with Gasteiger partial charge < -0.3 is 0 Å². The van der Waals surface area contributed by atoms with Crippen molar-refractivity contribution < 1.29 is 9.28 Å². The molecule has 4 heterocycles. The molecule has 1 aromatic rings. The topological polar surface area (TPSA) is 33.2 Å². The molecule has 0 N–H and O–H groups in total. The van der Waals surface area contributed by atoms with Crippen molar-refractivity contribution in [3.05, 3.63) is 30.1 Å². The van der Waals surface area contributed by atoms with Gasteiger partial charge in [0.25, 0.3) is 0 Å². The van der Waals surface area contributed by atoms with Gasteiger partial charge in [0.1, 0.15) is 24.2 Å². The first-order valence-electron chi connectivity index (χ1n) is 6.98. The summed E-state index contributed by atoms with van der Waals surface area (Å²) in [6.45, 7) is 9.57. The molecule has 4 rings (SSSR count). The number of quaternary nitrogens is 1. The van der Waals surface area contributed by atoms with E-state index in [0.29, 0.717) is 16.6 Å². The summed E-state index contributed by atoms with van der Waals surface area (Å²) in [5, 5.41) is 0. The lowest BCUT2D eigenvalue weighted by molar-refractivity contribution is -0.976. The van der Waals surface area contributed by atoms with E-state index in [9.17, 15) is 4.79 Å². The van der Waals surface area contributed by atoms with Crippen LogP contribution in [0.3, 0.4) is 0 Å². The third kappa shape index (κ3) is 1.60. The van der Waals surface area contributed by atoms with Crippen molar-refractivity contribution in [2.75, 3.05) is 13.1 Å². The smallest absolute Gasteiger partial charge is 0.280 e. The Morgan fingerprint density at radius 1 is 1.47 bits per heavy atom. The molecule has 2 bridgehead atoms. The lowest BCUT2D eigenvalue weighted by atomic mass is 9.73. The van der Waals surface area contributed by atoms with Crippen LogP contribution in [0.5, 0.6) is 0 Å². The van der Waals surface area contributed by atoms with Crippen LogP contribution in [-0.2, 0) is 11.3 Å². The van der Waals surface area contributed by atoms with Crippen LogP contribution in [0.1, 0.15) is 26.3 Å². The molecule has 19 heavy (non-hydrogen) atoms. The van der Waals surface area contributed by atoms with E-state index in [1.807, 2.05) is 12.4 Å². The van der Waals surface area contributed by atoms with E-state index < -0.39 is 0 Å². The standard InChI is InChI=1S/C15H22N3O/c1-12-8-17(9-13-4-6-16-7-5-13)14-10-18(12,11-19)15(14,2)3/h4-7,11-12,14H,8-10H2,1-3H3/q+1. The van der Waals surface area contributed by atoms with Gasteiger partial charge in [-0.1, -0.05) is 0 Å². The van der Waals surface area contributed by atoms with Gasteiger partial charge >= 0.3 is 6.41 Å². The fourth-order valence-electron chi connectivity index (χ4n) is 4.01. The van der Waals surface area contributed by atoms with Crippen LogP contribution in [-0.4, -0.2) is 51.5 Å². The highest BCUT2D eigenvalue weighted by molar-refractivity contribution is 5.42. The highest BCUT2D eigenvalue weighted by Gasteiger charge is 2.68. The van der Waals surface area contributed by atoms with E-state index in [1.165, 1.54) is 12.0 Å². The average Bonchev–Trinajstić information content (AvgIpc) is 2.39. The first-order valence-corrected chi connectivity index (χ1v) is 6.98. The molecule has 3 atom stereocenters. The van der Waals surface area contributed by atoms with Crippen molar-refractivity contribution in [2.24, 2.45) is 0 Å². The monoisotopic (exact) mass is 260 g/mol. The summed E-state index contributed by atoms with van der Waals surface area (Å²) < 4.78 is 0.629. The molecule has 0 saturated carbocycles. The summed E-state index contributed by atoms with van der Waals surface area (Å²) in [5.74, 6) is 0. The van der Waals surface area contributed by atoms with Crippen molar-refractivity contribution >= 4 is 6.41 Å².